The smallest absolute Gasteiger partial charge is 0.238 e. The summed E-state index contributed by atoms with van der Waals surface area (Å²) in [5, 5.41) is 16.8. The summed E-state index contributed by atoms with van der Waals surface area (Å²) in [5.41, 5.74) is -0.676. The molecular weight excluding hydrogens is 318 g/mol. The molecule has 1 N–H and O–H groups in total. The molecule has 136 valence electrons. The van der Waals surface area contributed by atoms with Gasteiger partial charge in [0.25, 0.3) is 0 Å². The van der Waals surface area contributed by atoms with Gasteiger partial charge in [0.2, 0.25) is 5.91 Å². The molecule has 1 aliphatic heterocycles. The fraction of sp³-hybridized carbons (Fsp3) is 0.722. The van der Waals surface area contributed by atoms with E-state index in [1.54, 1.807) is 6.20 Å². The number of amides is 1. The van der Waals surface area contributed by atoms with Gasteiger partial charge >= 0.3 is 0 Å². The van der Waals surface area contributed by atoms with Crippen LogP contribution in [0.5, 0.6) is 0 Å². The zero-order valence-electron chi connectivity index (χ0n) is 14.9. The third-order valence-electron chi connectivity index (χ3n) is 5.33. The first-order valence-electron chi connectivity index (χ1n) is 9.18. The highest BCUT2D eigenvalue weighted by Crippen LogP contribution is 2.27. The maximum Gasteiger partial charge on any atom is 0.238 e. The van der Waals surface area contributed by atoms with Crippen LogP contribution in [0.4, 0.5) is 0 Å². The van der Waals surface area contributed by atoms with E-state index in [4.69, 9.17) is 4.74 Å². The summed E-state index contributed by atoms with van der Waals surface area (Å²) in [6.45, 7) is 4.62. The number of hydrogen-bond acceptors (Lipinski definition) is 5. The number of aromatic nitrogens is 2. The summed E-state index contributed by atoms with van der Waals surface area (Å²) in [6.07, 6.45) is 8.36. The minimum absolute atomic E-state index is 0.0171. The molecule has 0 radical (unpaired) electrons. The first-order valence-corrected chi connectivity index (χ1v) is 9.18. The number of carbonyl (C=O) groups excluding carboxylic acids is 1. The molecule has 1 saturated carbocycles. The number of nitriles is 1. The SMILES string of the molecule is C[C@@H](C(=O)NC1(C#N)CCCCC1)N1CCO[C@H](Cn2cccn2)C1. The molecule has 0 spiro atoms. The summed E-state index contributed by atoms with van der Waals surface area (Å²) in [6, 6.07) is 3.98. The highest BCUT2D eigenvalue weighted by molar-refractivity contribution is 5.82. The number of ether oxygens (including phenoxy) is 1. The van der Waals surface area contributed by atoms with Crippen molar-refractivity contribution in [3.63, 3.8) is 0 Å². The molecule has 2 fully saturated rings. The van der Waals surface area contributed by atoms with Crippen molar-refractivity contribution in [2.75, 3.05) is 19.7 Å². The number of nitrogens with one attached hydrogen (secondary N) is 1. The number of hydrogen-bond donors (Lipinski definition) is 1. The molecule has 25 heavy (non-hydrogen) atoms. The van der Waals surface area contributed by atoms with Crippen molar-refractivity contribution >= 4 is 5.91 Å². The molecule has 2 aliphatic rings. The quantitative estimate of drug-likeness (QED) is 0.870. The average molecular weight is 345 g/mol. The number of carbonyl (C=O) groups is 1. The van der Waals surface area contributed by atoms with Crippen molar-refractivity contribution in [2.24, 2.45) is 0 Å². The van der Waals surface area contributed by atoms with E-state index in [1.165, 1.54) is 0 Å². The second-order valence-electron chi connectivity index (χ2n) is 7.14. The lowest BCUT2D eigenvalue weighted by atomic mass is 9.82. The second-order valence-corrected chi connectivity index (χ2v) is 7.14. The standard InChI is InChI=1S/C18H27N5O2/c1-15(17(24)21-18(14-19)6-3-2-4-7-18)22-10-11-25-16(12-22)13-23-9-5-8-20-23/h5,8-9,15-16H,2-4,6-7,10-13H2,1H3,(H,21,24)/t15-,16-/m0/s1. The van der Waals surface area contributed by atoms with E-state index in [9.17, 15) is 10.1 Å². The molecule has 1 aromatic heterocycles. The fourth-order valence-corrected chi connectivity index (χ4v) is 3.75. The number of morpholine rings is 1. The lowest BCUT2D eigenvalue weighted by molar-refractivity contribution is -0.131. The van der Waals surface area contributed by atoms with Gasteiger partial charge in [-0.25, -0.2) is 0 Å². The Morgan fingerprint density at radius 1 is 1.48 bits per heavy atom. The molecule has 0 bridgehead atoms. The molecule has 1 aliphatic carbocycles. The van der Waals surface area contributed by atoms with Crippen LogP contribution in [0.15, 0.2) is 18.5 Å². The van der Waals surface area contributed by atoms with Crippen LogP contribution in [0.2, 0.25) is 0 Å². The predicted molar refractivity (Wildman–Crippen MR) is 92.6 cm³/mol. The molecule has 1 amide bonds. The number of nitrogens with zero attached hydrogens (tertiary/aromatic N) is 4. The van der Waals surface area contributed by atoms with E-state index in [1.807, 2.05) is 23.9 Å². The normalized spacial score (nSPS) is 25.0. The zero-order valence-corrected chi connectivity index (χ0v) is 14.9. The lowest BCUT2D eigenvalue weighted by Crippen LogP contribution is -2.57. The van der Waals surface area contributed by atoms with Gasteiger partial charge in [0, 0.05) is 25.5 Å². The highest BCUT2D eigenvalue weighted by Gasteiger charge is 2.36. The van der Waals surface area contributed by atoms with Gasteiger partial charge in [0.15, 0.2) is 0 Å². The van der Waals surface area contributed by atoms with Crippen LogP contribution in [0.25, 0.3) is 0 Å². The van der Waals surface area contributed by atoms with Crippen molar-refractivity contribution in [3.8, 4) is 6.07 Å². The lowest BCUT2D eigenvalue weighted by Gasteiger charge is -2.38. The van der Waals surface area contributed by atoms with Gasteiger partial charge in [-0.15, -0.1) is 0 Å². The van der Waals surface area contributed by atoms with Gasteiger partial charge in [-0.2, -0.15) is 10.4 Å². The Morgan fingerprint density at radius 3 is 2.96 bits per heavy atom. The van der Waals surface area contributed by atoms with Crippen molar-refractivity contribution in [2.45, 2.75) is 63.3 Å². The topological polar surface area (TPSA) is 83.2 Å². The molecule has 2 heterocycles. The van der Waals surface area contributed by atoms with E-state index < -0.39 is 5.54 Å². The minimum atomic E-state index is -0.676. The van der Waals surface area contributed by atoms with Gasteiger partial charge in [0.05, 0.1) is 31.4 Å². The van der Waals surface area contributed by atoms with Crippen LogP contribution in [0.1, 0.15) is 39.0 Å². The van der Waals surface area contributed by atoms with Gasteiger partial charge in [-0.05, 0) is 25.8 Å². The van der Waals surface area contributed by atoms with Crippen LogP contribution >= 0.6 is 0 Å². The maximum absolute atomic E-state index is 12.7. The molecule has 7 nitrogen and oxygen atoms in total. The van der Waals surface area contributed by atoms with Crippen LogP contribution in [-0.2, 0) is 16.1 Å². The molecule has 0 unspecified atom stereocenters. The highest BCUT2D eigenvalue weighted by atomic mass is 16.5. The first kappa shape index (κ1) is 17.9. The molecule has 1 aromatic rings. The third kappa shape index (κ3) is 4.39. The largest absolute Gasteiger partial charge is 0.374 e. The molecule has 2 atom stereocenters. The molecule has 1 saturated heterocycles. The Morgan fingerprint density at radius 2 is 2.28 bits per heavy atom. The van der Waals surface area contributed by atoms with Gasteiger partial charge in [0.1, 0.15) is 5.54 Å². The zero-order chi connectivity index (χ0) is 17.7. The maximum atomic E-state index is 12.7. The number of rotatable bonds is 5. The van der Waals surface area contributed by atoms with E-state index in [-0.39, 0.29) is 18.1 Å². The fourth-order valence-electron chi connectivity index (χ4n) is 3.75. The van der Waals surface area contributed by atoms with Gasteiger partial charge < -0.3 is 10.1 Å². The summed E-state index contributed by atoms with van der Waals surface area (Å²) < 4.78 is 7.67. The Labute approximate surface area is 148 Å². The third-order valence-corrected chi connectivity index (χ3v) is 5.33. The summed E-state index contributed by atoms with van der Waals surface area (Å²) in [7, 11) is 0. The second kappa shape index (κ2) is 7.98. The Balaban J connectivity index is 1.56. The molecule has 0 aromatic carbocycles. The Bertz CT molecular complexity index is 603. The van der Waals surface area contributed by atoms with Crippen LogP contribution in [0.3, 0.4) is 0 Å². The van der Waals surface area contributed by atoms with Crippen LogP contribution in [0, 0.1) is 11.3 Å². The Hall–Kier alpha value is -1.91. The molecular formula is C18H27N5O2. The minimum Gasteiger partial charge on any atom is -0.374 e. The summed E-state index contributed by atoms with van der Waals surface area (Å²) in [4.78, 5) is 14.9. The molecule has 7 heteroatoms. The Kier molecular flexibility index (Phi) is 5.71. The van der Waals surface area contributed by atoms with Crippen molar-refractivity contribution in [1.82, 2.24) is 20.0 Å². The van der Waals surface area contributed by atoms with E-state index in [0.717, 1.165) is 38.6 Å². The van der Waals surface area contributed by atoms with Crippen LogP contribution in [-0.4, -0.2) is 58.0 Å². The van der Waals surface area contributed by atoms with Gasteiger partial charge in [-0.1, -0.05) is 19.3 Å². The van der Waals surface area contributed by atoms with E-state index >= 15 is 0 Å². The van der Waals surface area contributed by atoms with Crippen molar-refractivity contribution in [3.05, 3.63) is 18.5 Å². The van der Waals surface area contributed by atoms with Gasteiger partial charge in [-0.3, -0.25) is 14.4 Å². The summed E-state index contributed by atoms with van der Waals surface area (Å²) >= 11 is 0. The monoisotopic (exact) mass is 345 g/mol. The van der Waals surface area contributed by atoms with Crippen LogP contribution < -0.4 is 5.32 Å². The van der Waals surface area contributed by atoms with E-state index in [0.29, 0.717) is 19.7 Å². The summed E-state index contributed by atoms with van der Waals surface area (Å²) in [5.74, 6) is -0.0526. The average Bonchev–Trinajstić information content (AvgIpc) is 3.15. The van der Waals surface area contributed by atoms with Crippen molar-refractivity contribution in [1.29, 1.82) is 5.26 Å². The first-order chi connectivity index (χ1) is 12.1. The molecule has 3 rings (SSSR count). The van der Waals surface area contributed by atoms with E-state index in [2.05, 4.69) is 21.4 Å². The predicted octanol–water partition coefficient (Wildman–Crippen LogP) is 1.32. The van der Waals surface area contributed by atoms with Crippen molar-refractivity contribution < 1.29 is 9.53 Å².